The van der Waals surface area contributed by atoms with Gasteiger partial charge in [-0.15, -0.1) is 5.10 Å². The summed E-state index contributed by atoms with van der Waals surface area (Å²) in [6.45, 7) is 2.19. The van der Waals surface area contributed by atoms with E-state index < -0.39 is 0 Å². The molecule has 0 aromatic carbocycles. The van der Waals surface area contributed by atoms with Crippen LogP contribution >= 0.6 is 0 Å². The molecule has 1 saturated heterocycles. The number of pyridine rings is 1. The standard InChI is InChI=1S/C12H16N6/c1-2-10(9-14-5-1)8-12-15-16-17-18(12)11-3-6-13-7-4-11/h3-4,6-7,10,14H,1-2,5,8-9H2. The summed E-state index contributed by atoms with van der Waals surface area (Å²) in [5, 5.41) is 15.4. The van der Waals surface area contributed by atoms with Gasteiger partial charge >= 0.3 is 0 Å². The zero-order chi connectivity index (χ0) is 12.2. The zero-order valence-electron chi connectivity index (χ0n) is 10.2. The third kappa shape index (κ3) is 2.38. The fraction of sp³-hybridized carbons (Fsp3) is 0.500. The lowest BCUT2D eigenvalue weighted by Gasteiger charge is -2.21. The van der Waals surface area contributed by atoms with E-state index in [1.54, 1.807) is 17.1 Å². The minimum absolute atomic E-state index is 0.630. The molecule has 18 heavy (non-hydrogen) atoms. The van der Waals surface area contributed by atoms with Gasteiger partial charge in [-0.25, -0.2) is 0 Å². The van der Waals surface area contributed by atoms with Gasteiger partial charge in [-0.1, -0.05) is 0 Å². The molecule has 6 nitrogen and oxygen atoms in total. The number of aromatic nitrogens is 5. The smallest absolute Gasteiger partial charge is 0.157 e. The quantitative estimate of drug-likeness (QED) is 0.856. The van der Waals surface area contributed by atoms with Crippen LogP contribution in [0.1, 0.15) is 18.7 Å². The van der Waals surface area contributed by atoms with Crippen molar-refractivity contribution in [3.05, 3.63) is 30.4 Å². The van der Waals surface area contributed by atoms with Crippen molar-refractivity contribution >= 4 is 0 Å². The van der Waals surface area contributed by atoms with Crippen LogP contribution in [0.2, 0.25) is 0 Å². The number of tetrazole rings is 1. The van der Waals surface area contributed by atoms with Crippen molar-refractivity contribution in [1.82, 2.24) is 30.5 Å². The second-order valence-corrected chi connectivity index (χ2v) is 4.63. The summed E-state index contributed by atoms with van der Waals surface area (Å²) < 4.78 is 1.80. The van der Waals surface area contributed by atoms with E-state index in [1.807, 2.05) is 12.1 Å². The molecule has 3 rings (SSSR count). The van der Waals surface area contributed by atoms with Crippen LogP contribution in [0.5, 0.6) is 0 Å². The van der Waals surface area contributed by atoms with Crippen LogP contribution < -0.4 is 5.32 Å². The average molecular weight is 244 g/mol. The van der Waals surface area contributed by atoms with Gasteiger partial charge in [0.2, 0.25) is 0 Å². The molecule has 0 spiro atoms. The monoisotopic (exact) mass is 244 g/mol. The molecule has 1 fully saturated rings. The first-order valence-corrected chi connectivity index (χ1v) is 6.32. The molecule has 1 N–H and O–H groups in total. The third-order valence-corrected chi connectivity index (χ3v) is 3.31. The molecule has 3 heterocycles. The van der Waals surface area contributed by atoms with Crippen LogP contribution in [-0.2, 0) is 6.42 Å². The molecule has 0 bridgehead atoms. The van der Waals surface area contributed by atoms with Crippen molar-refractivity contribution in [2.75, 3.05) is 13.1 Å². The lowest BCUT2D eigenvalue weighted by molar-refractivity contribution is 0.368. The van der Waals surface area contributed by atoms with Gasteiger partial charge in [-0.05, 0) is 54.4 Å². The fourth-order valence-corrected chi connectivity index (χ4v) is 2.38. The molecule has 0 saturated carbocycles. The Bertz CT molecular complexity index is 488. The van der Waals surface area contributed by atoms with Crippen LogP contribution in [0.25, 0.3) is 5.69 Å². The Morgan fingerprint density at radius 2 is 2.22 bits per heavy atom. The first kappa shape index (κ1) is 11.3. The highest BCUT2D eigenvalue weighted by Gasteiger charge is 2.17. The van der Waals surface area contributed by atoms with Crippen molar-refractivity contribution in [2.24, 2.45) is 5.92 Å². The third-order valence-electron chi connectivity index (χ3n) is 3.31. The Labute approximate surface area is 105 Å². The second-order valence-electron chi connectivity index (χ2n) is 4.63. The van der Waals surface area contributed by atoms with Crippen molar-refractivity contribution in [3.8, 4) is 5.69 Å². The van der Waals surface area contributed by atoms with Crippen molar-refractivity contribution in [1.29, 1.82) is 0 Å². The molecule has 2 aromatic heterocycles. The first-order chi connectivity index (χ1) is 8.93. The maximum Gasteiger partial charge on any atom is 0.157 e. The summed E-state index contributed by atoms with van der Waals surface area (Å²) in [5.41, 5.74) is 0.966. The number of nitrogens with zero attached hydrogens (tertiary/aromatic N) is 5. The number of hydrogen-bond acceptors (Lipinski definition) is 5. The molecule has 2 aromatic rings. The van der Waals surface area contributed by atoms with E-state index in [0.29, 0.717) is 5.92 Å². The highest BCUT2D eigenvalue weighted by atomic mass is 15.5. The first-order valence-electron chi connectivity index (χ1n) is 6.32. The molecular weight excluding hydrogens is 228 g/mol. The molecule has 0 aliphatic carbocycles. The minimum atomic E-state index is 0.630. The van der Waals surface area contributed by atoms with Crippen LogP contribution in [-0.4, -0.2) is 38.3 Å². The highest BCUT2D eigenvalue weighted by molar-refractivity contribution is 5.27. The van der Waals surface area contributed by atoms with Crippen LogP contribution in [0.3, 0.4) is 0 Å². The highest BCUT2D eigenvalue weighted by Crippen LogP contribution is 2.16. The van der Waals surface area contributed by atoms with Gasteiger partial charge in [0.05, 0.1) is 5.69 Å². The molecule has 0 amide bonds. The molecule has 1 aliphatic rings. The summed E-state index contributed by atoms with van der Waals surface area (Å²) in [6.07, 6.45) is 6.91. The average Bonchev–Trinajstić information content (AvgIpc) is 2.89. The van der Waals surface area contributed by atoms with Gasteiger partial charge < -0.3 is 5.32 Å². The van der Waals surface area contributed by atoms with E-state index in [0.717, 1.165) is 31.0 Å². The zero-order valence-corrected chi connectivity index (χ0v) is 10.2. The van der Waals surface area contributed by atoms with E-state index in [2.05, 4.69) is 25.8 Å². The molecule has 0 radical (unpaired) electrons. The molecule has 1 unspecified atom stereocenters. The van der Waals surface area contributed by atoms with Crippen molar-refractivity contribution < 1.29 is 0 Å². The maximum absolute atomic E-state index is 4.14. The van der Waals surface area contributed by atoms with Gasteiger partial charge in [0, 0.05) is 18.8 Å². The minimum Gasteiger partial charge on any atom is -0.316 e. The predicted octanol–water partition coefficient (Wildman–Crippen LogP) is 0.599. The summed E-state index contributed by atoms with van der Waals surface area (Å²) in [6, 6.07) is 3.83. The molecule has 94 valence electrons. The van der Waals surface area contributed by atoms with Gasteiger partial charge in [0.15, 0.2) is 5.82 Å². The Morgan fingerprint density at radius 1 is 1.33 bits per heavy atom. The van der Waals surface area contributed by atoms with Gasteiger partial charge in [0.25, 0.3) is 0 Å². The molecule has 1 aliphatic heterocycles. The van der Waals surface area contributed by atoms with E-state index >= 15 is 0 Å². The number of nitrogens with one attached hydrogen (secondary N) is 1. The molecule has 6 heteroatoms. The second kappa shape index (κ2) is 5.22. The van der Waals surface area contributed by atoms with E-state index in [-0.39, 0.29) is 0 Å². The SMILES string of the molecule is c1cc(-n2nnnc2CC2CCCNC2)ccn1. The fourth-order valence-electron chi connectivity index (χ4n) is 2.38. The normalized spacial score (nSPS) is 19.9. The van der Waals surface area contributed by atoms with Gasteiger partial charge in [0.1, 0.15) is 0 Å². The van der Waals surface area contributed by atoms with Gasteiger partial charge in [-0.2, -0.15) is 4.68 Å². The maximum atomic E-state index is 4.14. The summed E-state index contributed by atoms with van der Waals surface area (Å²) in [7, 11) is 0. The van der Waals surface area contributed by atoms with E-state index in [1.165, 1.54) is 12.8 Å². The van der Waals surface area contributed by atoms with Crippen LogP contribution in [0, 0.1) is 5.92 Å². The Kier molecular flexibility index (Phi) is 3.27. The topological polar surface area (TPSA) is 68.5 Å². The number of rotatable bonds is 3. The van der Waals surface area contributed by atoms with Gasteiger partial charge in [-0.3, -0.25) is 4.98 Å². The Balaban J connectivity index is 1.79. The lowest BCUT2D eigenvalue weighted by atomic mass is 9.96. The summed E-state index contributed by atoms with van der Waals surface area (Å²) in [5.74, 6) is 1.56. The van der Waals surface area contributed by atoms with Crippen LogP contribution in [0.4, 0.5) is 0 Å². The van der Waals surface area contributed by atoms with Crippen LogP contribution in [0.15, 0.2) is 24.5 Å². The molecule has 1 atom stereocenters. The molecular formula is C12H16N6. The lowest BCUT2D eigenvalue weighted by Crippen LogP contribution is -2.31. The number of hydrogen-bond donors (Lipinski definition) is 1. The Hall–Kier alpha value is -1.82. The predicted molar refractivity (Wildman–Crippen MR) is 66.2 cm³/mol. The van der Waals surface area contributed by atoms with E-state index in [4.69, 9.17) is 0 Å². The summed E-state index contributed by atoms with van der Waals surface area (Å²) in [4.78, 5) is 4.01. The van der Waals surface area contributed by atoms with Crippen molar-refractivity contribution in [3.63, 3.8) is 0 Å². The van der Waals surface area contributed by atoms with E-state index in [9.17, 15) is 0 Å². The van der Waals surface area contributed by atoms with Crippen molar-refractivity contribution in [2.45, 2.75) is 19.3 Å². The largest absolute Gasteiger partial charge is 0.316 e. The number of piperidine rings is 1. The summed E-state index contributed by atoms with van der Waals surface area (Å²) >= 11 is 0. The Morgan fingerprint density at radius 3 is 3.00 bits per heavy atom.